The van der Waals surface area contributed by atoms with Crippen molar-refractivity contribution in [1.82, 2.24) is 9.62 Å². The smallest absolute Gasteiger partial charge is 0.312 e. The molecule has 1 N–H and O–H groups in total. The molecule has 0 aliphatic rings. The molecule has 18 heavy (non-hydrogen) atoms. The average Bonchev–Trinajstić information content (AvgIpc) is 2.73. The Morgan fingerprint density at radius 3 is 2.67 bits per heavy atom. The number of nitro groups is 1. The van der Waals surface area contributed by atoms with E-state index in [1.165, 1.54) is 24.5 Å². The van der Waals surface area contributed by atoms with E-state index in [9.17, 15) is 18.5 Å². The zero-order valence-corrected chi connectivity index (χ0v) is 11.8. The molecule has 1 aromatic heterocycles. The van der Waals surface area contributed by atoms with Gasteiger partial charge in [0, 0.05) is 38.6 Å². The van der Waals surface area contributed by atoms with Gasteiger partial charge >= 0.3 is 5.00 Å². The minimum absolute atomic E-state index is 0.00618. The van der Waals surface area contributed by atoms with Crippen LogP contribution in [0.3, 0.4) is 0 Å². The van der Waals surface area contributed by atoms with Crippen LogP contribution >= 0.6 is 11.3 Å². The van der Waals surface area contributed by atoms with E-state index < -0.39 is 14.9 Å². The molecule has 0 aliphatic heterocycles. The fourth-order valence-corrected chi connectivity index (χ4v) is 2.66. The summed E-state index contributed by atoms with van der Waals surface area (Å²) in [6.45, 7) is 0.734. The average molecular weight is 293 g/mol. The molecule has 9 heteroatoms. The number of hydrogen-bond donors (Lipinski definition) is 1. The maximum atomic E-state index is 11.4. The van der Waals surface area contributed by atoms with Crippen molar-refractivity contribution in [2.24, 2.45) is 0 Å². The molecular weight excluding hydrogens is 278 g/mol. The van der Waals surface area contributed by atoms with Gasteiger partial charge in [0.05, 0.1) is 10.7 Å². The maximum absolute atomic E-state index is 11.4. The maximum Gasteiger partial charge on any atom is 0.324 e. The van der Waals surface area contributed by atoms with Crippen molar-refractivity contribution in [1.29, 1.82) is 0 Å². The van der Waals surface area contributed by atoms with Crippen molar-refractivity contribution in [2.75, 3.05) is 26.4 Å². The molecule has 0 saturated carbocycles. The molecule has 0 atom stereocenters. The Bertz CT molecular complexity index is 510. The molecule has 0 fully saturated rings. The number of hydrogen-bond acceptors (Lipinski definition) is 6. The summed E-state index contributed by atoms with van der Waals surface area (Å²) in [6.07, 6.45) is 0. The second kappa shape index (κ2) is 6.23. The van der Waals surface area contributed by atoms with Gasteiger partial charge in [0.1, 0.15) is 0 Å². The molecule has 1 rings (SSSR count). The Morgan fingerprint density at radius 1 is 1.50 bits per heavy atom. The van der Waals surface area contributed by atoms with Crippen molar-refractivity contribution >= 4 is 26.4 Å². The van der Waals surface area contributed by atoms with E-state index in [-0.39, 0.29) is 10.8 Å². The van der Waals surface area contributed by atoms with Gasteiger partial charge < -0.3 is 5.32 Å². The first-order valence-electron chi connectivity index (χ1n) is 5.15. The summed E-state index contributed by atoms with van der Waals surface area (Å²) in [5.41, 5.74) is 0.786. The number of nitrogens with one attached hydrogen (secondary N) is 1. The van der Waals surface area contributed by atoms with Crippen LogP contribution in [0.15, 0.2) is 11.4 Å². The van der Waals surface area contributed by atoms with Crippen molar-refractivity contribution in [3.05, 3.63) is 27.1 Å². The summed E-state index contributed by atoms with van der Waals surface area (Å²) in [5, 5.41) is 15.2. The second-order valence-electron chi connectivity index (χ2n) is 3.83. The van der Waals surface area contributed by atoms with E-state index in [4.69, 9.17) is 0 Å². The molecule has 0 saturated heterocycles. The van der Waals surface area contributed by atoms with Gasteiger partial charge in [0.15, 0.2) is 0 Å². The first-order valence-corrected chi connectivity index (χ1v) is 7.64. The fraction of sp³-hybridized carbons (Fsp3) is 0.556. The highest BCUT2D eigenvalue weighted by Gasteiger charge is 2.13. The number of nitrogens with zero attached hydrogens (tertiary/aromatic N) is 2. The van der Waals surface area contributed by atoms with Gasteiger partial charge in [0.2, 0.25) is 10.0 Å². The third-order valence-corrected chi connectivity index (χ3v) is 5.00. The molecule has 0 aromatic carbocycles. The summed E-state index contributed by atoms with van der Waals surface area (Å²) < 4.78 is 24.0. The van der Waals surface area contributed by atoms with E-state index in [1.807, 2.05) is 0 Å². The van der Waals surface area contributed by atoms with Crippen molar-refractivity contribution in [2.45, 2.75) is 6.54 Å². The normalized spacial score (nSPS) is 11.9. The highest BCUT2D eigenvalue weighted by atomic mass is 32.2. The highest BCUT2D eigenvalue weighted by molar-refractivity contribution is 7.89. The van der Waals surface area contributed by atoms with Crippen LogP contribution < -0.4 is 5.32 Å². The van der Waals surface area contributed by atoms with Crippen molar-refractivity contribution in [3.8, 4) is 0 Å². The largest absolute Gasteiger partial charge is 0.324 e. The fourth-order valence-electron chi connectivity index (χ4n) is 1.17. The van der Waals surface area contributed by atoms with Crippen molar-refractivity contribution < 1.29 is 13.3 Å². The van der Waals surface area contributed by atoms with Crippen LogP contribution in [0.4, 0.5) is 5.00 Å². The number of thiophene rings is 1. The summed E-state index contributed by atoms with van der Waals surface area (Å²) in [6, 6.07) is 1.48. The Hall–Kier alpha value is -1.03. The lowest BCUT2D eigenvalue weighted by atomic mass is 10.3. The highest BCUT2D eigenvalue weighted by Crippen LogP contribution is 2.22. The standard InChI is InChI=1S/C9H15N3O4S2/c1-11(2)18(15,16)4-3-10-6-8-5-9(12(13)14)17-7-8/h5,7,10H,3-4,6H2,1-2H3. The number of rotatable bonds is 7. The zero-order valence-electron chi connectivity index (χ0n) is 10.1. The Morgan fingerprint density at radius 2 is 2.17 bits per heavy atom. The lowest BCUT2D eigenvalue weighted by molar-refractivity contribution is -0.380. The molecule has 0 bridgehead atoms. The molecule has 0 radical (unpaired) electrons. The van der Waals surface area contributed by atoms with E-state index in [0.29, 0.717) is 13.1 Å². The van der Waals surface area contributed by atoms with Crippen LogP contribution in [0.2, 0.25) is 0 Å². The van der Waals surface area contributed by atoms with Gasteiger partial charge in [-0.15, -0.1) is 0 Å². The molecule has 7 nitrogen and oxygen atoms in total. The van der Waals surface area contributed by atoms with E-state index in [1.54, 1.807) is 5.38 Å². The molecular formula is C9H15N3O4S2. The molecule has 0 unspecified atom stereocenters. The van der Waals surface area contributed by atoms with E-state index in [0.717, 1.165) is 16.9 Å². The predicted octanol–water partition coefficient (Wildman–Crippen LogP) is 0.637. The minimum Gasteiger partial charge on any atom is -0.312 e. The van der Waals surface area contributed by atoms with Crippen LogP contribution in [-0.2, 0) is 16.6 Å². The van der Waals surface area contributed by atoms with Crippen LogP contribution in [0.25, 0.3) is 0 Å². The lowest BCUT2D eigenvalue weighted by Gasteiger charge is -2.11. The Labute approximate surface area is 110 Å². The molecule has 0 spiro atoms. The molecule has 1 heterocycles. The van der Waals surface area contributed by atoms with E-state index in [2.05, 4.69) is 5.32 Å². The Kier molecular flexibility index (Phi) is 5.20. The monoisotopic (exact) mass is 293 g/mol. The van der Waals surface area contributed by atoms with Gasteiger partial charge in [0.25, 0.3) is 0 Å². The van der Waals surface area contributed by atoms with Crippen LogP contribution in [-0.4, -0.2) is 44.0 Å². The van der Waals surface area contributed by atoms with Gasteiger partial charge in [-0.2, -0.15) is 0 Å². The topological polar surface area (TPSA) is 92.6 Å². The van der Waals surface area contributed by atoms with Crippen LogP contribution in [0, 0.1) is 10.1 Å². The number of sulfonamides is 1. The first-order chi connectivity index (χ1) is 8.33. The summed E-state index contributed by atoms with van der Waals surface area (Å²) in [4.78, 5) is 10.0. The Balaban J connectivity index is 2.36. The van der Waals surface area contributed by atoms with Gasteiger partial charge in [-0.05, 0) is 5.56 Å². The summed E-state index contributed by atoms with van der Waals surface area (Å²) in [7, 11) is -0.228. The lowest BCUT2D eigenvalue weighted by Crippen LogP contribution is -2.30. The van der Waals surface area contributed by atoms with Gasteiger partial charge in [-0.3, -0.25) is 10.1 Å². The molecule has 0 amide bonds. The van der Waals surface area contributed by atoms with Crippen molar-refractivity contribution in [3.63, 3.8) is 0 Å². The SMILES string of the molecule is CN(C)S(=O)(=O)CCNCc1csc([N+](=O)[O-])c1. The zero-order chi connectivity index (χ0) is 13.8. The minimum atomic E-state index is -3.20. The van der Waals surface area contributed by atoms with Gasteiger partial charge in [-0.1, -0.05) is 11.3 Å². The van der Waals surface area contributed by atoms with Gasteiger partial charge in [-0.25, -0.2) is 12.7 Å². The van der Waals surface area contributed by atoms with Crippen LogP contribution in [0.1, 0.15) is 5.56 Å². The third kappa shape index (κ3) is 4.33. The quantitative estimate of drug-likeness (QED) is 0.452. The first kappa shape index (κ1) is 15.0. The predicted molar refractivity (Wildman–Crippen MR) is 70.2 cm³/mol. The molecule has 1 aromatic rings. The molecule has 102 valence electrons. The summed E-state index contributed by atoms with van der Waals surface area (Å²) in [5.74, 6) is 0.00618. The van der Waals surface area contributed by atoms with E-state index >= 15 is 0 Å². The third-order valence-electron chi connectivity index (χ3n) is 2.24. The second-order valence-corrected chi connectivity index (χ2v) is 7.02. The molecule has 0 aliphatic carbocycles. The summed E-state index contributed by atoms with van der Waals surface area (Å²) >= 11 is 1.06. The van der Waals surface area contributed by atoms with Crippen LogP contribution in [0.5, 0.6) is 0 Å².